The summed E-state index contributed by atoms with van der Waals surface area (Å²) in [5.41, 5.74) is 5.60. The maximum absolute atomic E-state index is 13.4. The molecule has 0 saturated carbocycles. The SMILES string of the molecule is Cl.N[C@@H]1CCN(S(=O)(=O)c2ccc(F)cc2F)C1. The molecule has 0 unspecified atom stereocenters. The largest absolute Gasteiger partial charge is 0.326 e. The van der Waals surface area contributed by atoms with E-state index in [1.807, 2.05) is 0 Å². The highest BCUT2D eigenvalue weighted by molar-refractivity contribution is 7.89. The molecule has 1 atom stereocenters. The average Bonchev–Trinajstić information content (AvgIpc) is 2.64. The summed E-state index contributed by atoms with van der Waals surface area (Å²) >= 11 is 0. The molecular formula is C10H13ClF2N2O2S. The summed E-state index contributed by atoms with van der Waals surface area (Å²) in [6.45, 7) is 0.430. The fourth-order valence-corrected chi connectivity index (χ4v) is 3.35. The van der Waals surface area contributed by atoms with E-state index in [0.29, 0.717) is 12.5 Å². The second kappa shape index (κ2) is 5.48. The number of hydrogen-bond acceptors (Lipinski definition) is 3. The lowest BCUT2D eigenvalue weighted by atomic mass is 10.3. The van der Waals surface area contributed by atoms with Crippen molar-refractivity contribution in [3.05, 3.63) is 29.8 Å². The maximum Gasteiger partial charge on any atom is 0.246 e. The molecule has 8 heteroatoms. The predicted molar refractivity (Wildman–Crippen MR) is 65.0 cm³/mol. The molecule has 1 aliphatic heterocycles. The van der Waals surface area contributed by atoms with Crippen LogP contribution in [0.25, 0.3) is 0 Å². The predicted octanol–water partition coefficient (Wildman–Crippen LogP) is 1.11. The van der Waals surface area contributed by atoms with E-state index in [1.165, 1.54) is 0 Å². The van der Waals surface area contributed by atoms with Gasteiger partial charge in [-0.2, -0.15) is 4.31 Å². The standard InChI is InChI=1S/C10H12F2N2O2S.ClH/c11-7-1-2-10(9(12)5-7)17(15,16)14-4-3-8(13)6-14;/h1-2,5,8H,3-4,6,13H2;1H/t8-;/m1./s1. The number of sulfonamides is 1. The lowest BCUT2D eigenvalue weighted by molar-refractivity contribution is 0.464. The van der Waals surface area contributed by atoms with E-state index in [9.17, 15) is 17.2 Å². The van der Waals surface area contributed by atoms with Gasteiger partial charge in [-0.25, -0.2) is 17.2 Å². The molecule has 0 aliphatic carbocycles. The first-order valence-corrected chi connectivity index (χ1v) is 6.56. The highest BCUT2D eigenvalue weighted by Gasteiger charge is 2.32. The van der Waals surface area contributed by atoms with Gasteiger partial charge in [0.05, 0.1) is 0 Å². The van der Waals surface area contributed by atoms with E-state index in [1.54, 1.807) is 0 Å². The fraction of sp³-hybridized carbons (Fsp3) is 0.400. The molecule has 1 aliphatic rings. The van der Waals surface area contributed by atoms with E-state index in [-0.39, 0.29) is 31.5 Å². The lowest BCUT2D eigenvalue weighted by Crippen LogP contribution is -2.32. The monoisotopic (exact) mass is 298 g/mol. The summed E-state index contributed by atoms with van der Waals surface area (Å²) in [6, 6.07) is 2.19. The van der Waals surface area contributed by atoms with Gasteiger partial charge >= 0.3 is 0 Å². The van der Waals surface area contributed by atoms with Crippen molar-refractivity contribution in [1.82, 2.24) is 4.31 Å². The molecule has 2 rings (SSSR count). The summed E-state index contributed by atoms with van der Waals surface area (Å²) in [5, 5.41) is 0. The van der Waals surface area contributed by atoms with Crippen molar-refractivity contribution in [3.8, 4) is 0 Å². The van der Waals surface area contributed by atoms with Crippen molar-refractivity contribution in [2.45, 2.75) is 17.4 Å². The van der Waals surface area contributed by atoms with Crippen LogP contribution in [0.5, 0.6) is 0 Å². The number of benzene rings is 1. The molecule has 1 heterocycles. The molecule has 0 amide bonds. The molecule has 1 aromatic rings. The van der Waals surface area contributed by atoms with Crippen molar-refractivity contribution in [1.29, 1.82) is 0 Å². The Balaban J connectivity index is 0.00000162. The van der Waals surface area contributed by atoms with Gasteiger partial charge in [-0.3, -0.25) is 0 Å². The van der Waals surface area contributed by atoms with Crippen LogP contribution in [0.4, 0.5) is 8.78 Å². The summed E-state index contributed by atoms with van der Waals surface area (Å²) in [7, 11) is -3.91. The number of nitrogens with two attached hydrogens (primary N) is 1. The third kappa shape index (κ3) is 2.80. The van der Waals surface area contributed by atoms with Crippen LogP contribution in [0.2, 0.25) is 0 Å². The Bertz CT molecular complexity index is 539. The third-order valence-electron chi connectivity index (χ3n) is 2.70. The van der Waals surface area contributed by atoms with Crippen molar-refractivity contribution in [2.24, 2.45) is 5.73 Å². The van der Waals surface area contributed by atoms with Crippen LogP contribution >= 0.6 is 12.4 Å². The van der Waals surface area contributed by atoms with Gasteiger partial charge in [0.2, 0.25) is 10.0 Å². The normalized spacial score (nSPS) is 20.7. The minimum atomic E-state index is -3.91. The lowest BCUT2D eigenvalue weighted by Gasteiger charge is -2.16. The second-order valence-corrected chi connectivity index (χ2v) is 5.89. The third-order valence-corrected chi connectivity index (χ3v) is 4.60. The molecule has 1 fully saturated rings. The van der Waals surface area contributed by atoms with E-state index < -0.39 is 26.6 Å². The molecule has 1 saturated heterocycles. The highest BCUT2D eigenvalue weighted by atomic mass is 35.5. The Labute approximate surface area is 110 Å². The van der Waals surface area contributed by atoms with Gasteiger partial charge in [-0.1, -0.05) is 0 Å². The molecule has 0 aromatic heterocycles. The van der Waals surface area contributed by atoms with E-state index in [2.05, 4.69) is 0 Å². The molecule has 0 bridgehead atoms. The van der Waals surface area contributed by atoms with Crippen LogP contribution in [0.15, 0.2) is 23.1 Å². The Hall–Kier alpha value is -0.760. The zero-order valence-corrected chi connectivity index (χ0v) is 11.0. The molecule has 0 spiro atoms. The molecule has 102 valence electrons. The van der Waals surface area contributed by atoms with Crippen molar-refractivity contribution in [3.63, 3.8) is 0 Å². The first kappa shape index (κ1) is 15.3. The Morgan fingerprint density at radius 3 is 2.50 bits per heavy atom. The molecular weight excluding hydrogens is 286 g/mol. The van der Waals surface area contributed by atoms with Crippen LogP contribution in [0.1, 0.15) is 6.42 Å². The summed E-state index contributed by atoms with van der Waals surface area (Å²) in [4.78, 5) is -0.506. The number of rotatable bonds is 2. The molecule has 4 nitrogen and oxygen atoms in total. The Morgan fingerprint density at radius 1 is 1.33 bits per heavy atom. The van der Waals surface area contributed by atoms with Gasteiger partial charge in [0, 0.05) is 25.2 Å². The first-order valence-electron chi connectivity index (χ1n) is 5.12. The second-order valence-electron chi connectivity index (χ2n) is 3.99. The van der Waals surface area contributed by atoms with Gasteiger partial charge in [0.1, 0.15) is 16.5 Å². The van der Waals surface area contributed by atoms with Crippen molar-refractivity contribution in [2.75, 3.05) is 13.1 Å². The van der Waals surface area contributed by atoms with E-state index >= 15 is 0 Å². The highest BCUT2D eigenvalue weighted by Crippen LogP contribution is 2.23. The van der Waals surface area contributed by atoms with Gasteiger partial charge in [0.25, 0.3) is 0 Å². The zero-order valence-electron chi connectivity index (χ0n) is 9.34. The fourth-order valence-electron chi connectivity index (χ4n) is 1.80. The van der Waals surface area contributed by atoms with Crippen LogP contribution < -0.4 is 5.73 Å². The summed E-state index contributed by atoms with van der Waals surface area (Å²) < 4.78 is 51.3. The van der Waals surface area contributed by atoms with Crippen molar-refractivity contribution >= 4 is 22.4 Å². The molecule has 18 heavy (non-hydrogen) atoms. The molecule has 2 N–H and O–H groups in total. The van der Waals surface area contributed by atoms with E-state index in [4.69, 9.17) is 5.73 Å². The number of hydrogen-bond donors (Lipinski definition) is 1. The van der Waals surface area contributed by atoms with Gasteiger partial charge in [-0.05, 0) is 18.6 Å². The topological polar surface area (TPSA) is 63.4 Å². The minimum Gasteiger partial charge on any atom is -0.326 e. The quantitative estimate of drug-likeness (QED) is 0.889. The van der Waals surface area contributed by atoms with Crippen LogP contribution in [0.3, 0.4) is 0 Å². The smallest absolute Gasteiger partial charge is 0.246 e. The zero-order chi connectivity index (χ0) is 12.6. The molecule has 0 radical (unpaired) electrons. The summed E-state index contributed by atoms with van der Waals surface area (Å²) in [6.07, 6.45) is 0.544. The minimum absolute atomic E-state index is 0. The average molecular weight is 299 g/mol. The summed E-state index contributed by atoms with van der Waals surface area (Å²) in [5.74, 6) is -1.88. The number of halogens is 3. The van der Waals surface area contributed by atoms with Crippen LogP contribution in [-0.2, 0) is 10.0 Å². The van der Waals surface area contributed by atoms with Gasteiger partial charge in [-0.15, -0.1) is 12.4 Å². The Kier molecular flexibility index (Phi) is 4.66. The van der Waals surface area contributed by atoms with E-state index in [0.717, 1.165) is 16.4 Å². The van der Waals surface area contributed by atoms with Gasteiger partial charge < -0.3 is 5.73 Å². The first-order chi connectivity index (χ1) is 7.91. The van der Waals surface area contributed by atoms with Gasteiger partial charge in [0.15, 0.2) is 0 Å². The maximum atomic E-state index is 13.4. The van der Waals surface area contributed by atoms with Crippen LogP contribution in [0, 0.1) is 11.6 Å². The molecule has 1 aromatic carbocycles. The number of nitrogens with zero attached hydrogens (tertiary/aromatic N) is 1. The van der Waals surface area contributed by atoms with Crippen molar-refractivity contribution < 1.29 is 17.2 Å². The Morgan fingerprint density at radius 2 is 2.00 bits per heavy atom. The van der Waals surface area contributed by atoms with Crippen LogP contribution in [-0.4, -0.2) is 31.9 Å².